The van der Waals surface area contributed by atoms with E-state index >= 15 is 0 Å². The largest absolute Gasteiger partial charge is 0.355 e. The molecule has 0 spiro atoms. The van der Waals surface area contributed by atoms with Crippen LogP contribution in [0, 0.1) is 11.6 Å². The van der Waals surface area contributed by atoms with Crippen LogP contribution in [-0.2, 0) is 29.0 Å². The van der Waals surface area contributed by atoms with Crippen molar-refractivity contribution in [2.24, 2.45) is 0 Å². The molecule has 0 heterocycles. The molecule has 3 aromatic carbocycles. The normalized spacial score (nSPS) is 11.6. The second-order valence-electron chi connectivity index (χ2n) is 7.63. The molecule has 7 heteroatoms. The quantitative estimate of drug-likeness (QED) is 0.481. The molecular formula is C26H25ClF2N2O2. The summed E-state index contributed by atoms with van der Waals surface area (Å²) < 4.78 is 27.8. The van der Waals surface area contributed by atoms with Crippen molar-refractivity contribution in [2.75, 3.05) is 6.54 Å². The van der Waals surface area contributed by atoms with Gasteiger partial charge in [0.05, 0.1) is 6.42 Å². The van der Waals surface area contributed by atoms with Crippen molar-refractivity contribution in [3.8, 4) is 0 Å². The van der Waals surface area contributed by atoms with E-state index in [1.54, 1.807) is 19.1 Å². The number of hydrogen-bond donors (Lipinski definition) is 1. The summed E-state index contributed by atoms with van der Waals surface area (Å²) in [4.78, 5) is 27.9. The predicted octanol–water partition coefficient (Wildman–Crippen LogP) is 4.94. The van der Waals surface area contributed by atoms with E-state index < -0.39 is 23.6 Å². The lowest BCUT2D eigenvalue weighted by molar-refractivity contribution is -0.140. The van der Waals surface area contributed by atoms with Crippen molar-refractivity contribution in [1.29, 1.82) is 0 Å². The SMILES string of the molecule is CCNC(=O)C(Cc1ccccc1)N(Cc1ccc(F)cc1)C(=O)Cc1c(F)cccc1Cl. The van der Waals surface area contributed by atoms with Gasteiger partial charge in [-0.25, -0.2) is 8.78 Å². The second kappa shape index (κ2) is 11.6. The van der Waals surface area contributed by atoms with Gasteiger partial charge < -0.3 is 10.2 Å². The third-order valence-electron chi connectivity index (χ3n) is 5.28. The zero-order chi connectivity index (χ0) is 23.8. The van der Waals surface area contributed by atoms with Crippen molar-refractivity contribution >= 4 is 23.4 Å². The summed E-state index contributed by atoms with van der Waals surface area (Å²) in [6, 6.07) is 18.4. The fourth-order valence-corrected chi connectivity index (χ4v) is 3.82. The molecule has 2 amide bonds. The van der Waals surface area contributed by atoms with Crippen LogP contribution in [0.1, 0.15) is 23.6 Å². The first-order valence-electron chi connectivity index (χ1n) is 10.7. The van der Waals surface area contributed by atoms with E-state index in [2.05, 4.69) is 5.32 Å². The zero-order valence-corrected chi connectivity index (χ0v) is 19.0. The number of likely N-dealkylation sites (N-methyl/N-ethyl adjacent to an activating group) is 1. The smallest absolute Gasteiger partial charge is 0.243 e. The Morgan fingerprint density at radius 2 is 1.64 bits per heavy atom. The molecule has 0 aromatic heterocycles. The van der Waals surface area contributed by atoms with Gasteiger partial charge in [0.2, 0.25) is 11.8 Å². The lowest BCUT2D eigenvalue weighted by Gasteiger charge is -2.31. The number of rotatable bonds is 9. The number of amides is 2. The van der Waals surface area contributed by atoms with Gasteiger partial charge in [-0.1, -0.05) is 60.1 Å². The van der Waals surface area contributed by atoms with Crippen LogP contribution in [0.2, 0.25) is 5.02 Å². The van der Waals surface area contributed by atoms with Crippen molar-refractivity contribution in [3.05, 3.63) is 106 Å². The number of halogens is 3. The number of carbonyl (C=O) groups excluding carboxylic acids is 2. The predicted molar refractivity (Wildman–Crippen MR) is 125 cm³/mol. The van der Waals surface area contributed by atoms with E-state index in [0.29, 0.717) is 12.1 Å². The number of nitrogens with one attached hydrogen (secondary N) is 1. The van der Waals surface area contributed by atoms with Gasteiger partial charge in [0.15, 0.2) is 0 Å². The molecule has 3 aromatic rings. The molecule has 0 bridgehead atoms. The van der Waals surface area contributed by atoms with E-state index in [-0.39, 0.29) is 35.9 Å². The lowest BCUT2D eigenvalue weighted by atomic mass is 10.0. The molecule has 0 saturated heterocycles. The first-order valence-corrected chi connectivity index (χ1v) is 11.0. The lowest BCUT2D eigenvalue weighted by Crippen LogP contribution is -2.51. The molecule has 4 nitrogen and oxygen atoms in total. The Morgan fingerprint density at radius 3 is 2.27 bits per heavy atom. The Labute approximate surface area is 197 Å². The minimum atomic E-state index is -0.851. The summed E-state index contributed by atoms with van der Waals surface area (Å²) >= 11 is 6.15. The Balaban J connectivity index is 1.98. The van der Waals surface area contributed by atoms with Crippen LogP contribution in [-0.4, -0.2) is 29.3 Å². The highest BCUT2D eigenvalue weighted by atomic mass is 35.5. The number of nitrogens with zero attached hydrogens (tertiary/aromatic N) is 1. The van der Waals surface area contributed by atoms with Gasteiger partial charge in [-0.3, -0.25) is 9.59 Å². The fourth-order valence-electron chi connectivity index (χ4n) is 3.59. The molecule has 33 heavy (non-hydrogen) atoms. The third kappa shape index (κ3) is 6.62. The molecule has 1 atom stereocenters. The van der Waals surface area contributed by atoms with Crippen LogP contribution in [0.3, 0.4) is 0 Å². The van der Waals surface area contributed by atoms with Crippen molar-refractivity contribution in [2.45, 2.75) is 32.4 Å². The van der Waals surface area contributed by atoms with Gasteiger partial charge in [0.1, 0.15) is 17.7 Å². The maximum Gasteiger partial charge on any atom is 0.243 e. The first-order chi connectivity index (χ1) is 15.9. The van der Waals surface area contributed by atoms with Gasteiger partial charge in [-0.2, -0.15) is 0 Å². The minimum absolute atomic E-state index is 0.0554. The summed E-state index contributed by atoms with van der Waals surface area (Å²) in [5.74, 6) is -1.77. The van der Waals surface area contributed by atoms with Gasteiger partial charge in [-0.15, -0.1) is 0 Å². The van der Waals surface area contributed by atoms with Crippen LogP contribution in [0.4, 0.5) is 8.78 Å². The van der Waals surface area contributed by atoms with Gasteiger partial charge in [-0.05, 0) is 42.3 Å². The van der Waals surface area contributed by atoms with Crippen LogP contribution in [0.15, 0.2) is 72.8 Å². The summed E-state index contributed by atoms with van der Waals surface area (Å²) in [6.07, 6.45) is -0.0397. The highest BCUT2D eigenvalue weighted by molar-refractivity contribution is 6.31. The average molecular weight is 471 g/mol. The topological polar surface area (TPSA) is 49.4 Å². The van der Waals surface area contributed by atoms with E-state index in [9.17, 15) is 18.4 Å². The summed E-state index contributed by atoms with van der Waals surface area (Å²) in [6.45, 7) is 2.24. The molecule has 0 radical (unpaired) electrons. The molecule has 1 unspecified atom stereocenters. The molecular weight excluding hydrogens is 446 g/mol. The van der Waals surface area contributed by atoms with E-state index in [4.69, 9.17) is 11.6 Å². The molecule has 0 saturated carbocycles. The van der Waals surface area contributed by atoms with Crippen LogP contribution in [0.5, 0.6) is 0 Å². The Kier molecular flexibility index (Phi) is 8.55. The molecule has 0 aliphatic heterocycles. The second-order valence-corrected chi connectivity index (χ2v) is 8.03. The maximum absolute atomic E-state index is 14.4. The van der Waals surface area contributed by atoms with Crippen LogP contribution < -0.4 is 5.32 Å². The molecule has 1 N–H and O–H groups in total. The number of benzene rings is 3. The maximum atomic E-state index is 14.4. The summed E-state index contributed by atoms with van der Waals surface area (Å²) in [7, 11) is 0. The number of carbonyl (C=O) groups is 2. The summed E-state index contributed by atoms with van der Waals surface area (Å²) in [5.41, 5.74) is 1.59. The van der Waals surface area contributed by atoms with Crippen LogP contribution >= 0.6 is 11.6 Å². The zero-order valence-electron chi connectivity index (χ0n) is 18.2. The van der Waals surface area contributed by atoms with Crippen molar-refractivity contribution in [1.82, 2.24) is 10.2 Å². The van der Waals surface area contributed by atoms with Gasteiger partial charge >= 0.3 is 0 Å². The van der Waals surface area contributed by atoms with E-state index in [0.717, 1.165) is 5.56 Å². The molecule has 0 aliphatic carbocycles. The molecule has 172 valence electrons. The molecule has 0 fully saturated rings. The standard InChI is InChI=1S/C26H25ClF2N2O2/c1-2-30-26(33)24(15-18-7-4-3-5-8-18)31(17-19-11-13-20(28)14-12-19)25(32)16-21-22(27)9-6-10-23(21)29/h3-14,24H,2,15-17H2,1H3,(H,30,33). The highest BCUT2D eigenvalue weighted by Gasteiger charge is 2.31. The van der Waals surface area contributed by atoms with Gasteiger partial charge in [0, 0.05) is 30.1 Å². The Bertz CT molecular complexity index is 1070. The highest BCUT2D eigenvalue weighted by Crippen LogP contribution is 2.22. The first kappa shape index (κ1) is 24.4. The Hall–Kier alpha value is -3.25. The number of hydrogen-bond acceptors (Lipinski definition) is 2. The van der Waals surface area contributed by atoms with Crippen molar-refractivity contribution in [3.63, 3.8) is 0 Å². The summed E-state index contributed by atoms with van der Waals surface area (Å²) in [5, 5.41) is 2.93. The van der Waals surface area contributed by atoms with E-state index in [1.807, 2.05) is 30.3 Å². The molecule has 0 aliphatic rings. The van der Waals surface area contributed by atoms with Crippen LogP contribution in [0.25, 0.3) is 0 Å². The minimum Gasteiger partial charge on any atom is -0.355 e. The monoisotopic (exact) mass is 470 g/mol. The third-order valence-corrected chi connectivity index (χ3v) is 5.63. The fraction of sp³-hybridized carbons (Fsp3) is 0.231. The van der Waals surface area contributed by atoms with Crippen molar-refractivity contribution < 1.29 is 18.4 Å². The van der Waals surface area contributed by atoms with E-state index in [1.165, 1.54) is 35.2 Å². The van der Waals surface area contributed by atoms with Gasteiger partial charge in [0.25, 0.3) is 0 Å². The average Bonchev–Trinajstić information content (AvgIpc) is 2.80. The molecule has 3 rings (SSSR count). The Morgan fingerprint density at radius 1 is 0.939 bits per heavy atom.